The van der Waals surface area contributed by atoms with Gasteiger partial charge in [0.25, 0.3) is 0 Å². The number of hydrogen-bond donors (Lipinski definition) is 1. The molecule has 1 aliphatic heterocycles. The standard InChI is InChI=1S/C15H23NOS/c1-16-13(9-11-5-7-17-8-6-11)15-10-12-3-2-4-14(12)18-15/h10-11,13,16H,2-9H2,1H3. The Kier molecular flexibility index (Phi) is 4.02. The molecule has 3 rings (SSSR count). The molecule has 18 heavy (non-hydrogen) atoms. The molecule has 1 aliphatic carbocycles. The van der Waals surface area contributed by atoms with E-state index >= 15 is 0 Å². The molecule has 1 aromatic rings. The summed E-state index contributed by atoms with van der Waals surface area (Å²) in [6, 6.07) is 3.02. The Morgan fingerprint density at radius 3 is 2.94 bits per heavy atom. The van der Waals surface area contributed by atoms with Crippen molar-refractivity contribution in [3.05, 3.63) is 21.4 Å². The minimum atomic E-state index is 0.559. The van der Waals surface area contributed by atoms with Crippen molar-refractivity contribution in [3.8, 4) is 0 Å². The molecular formula is C15H23NOS. The Morgan fingerprint density at radius 1 is 1.39 bits per heavy atom. The average Bonchev–Trinajstić information content (AvgIpc) is 2.98. The monoisotopic (exact) mass is 265 g/mol. The van der Waals surface area contributed by atoms with Gasteiger partial charge in [-0.15, -0.1) is 11.3 Å². The first-order chi connectivity index (χ1) is 8.86. The zero-order chi connectivity index (χ0) is 12.4. The van der Waals surface area contributed by atoms with Gasteiger partial charge in [0.05, 0.1) is 0 Å². The van der Waals surface area contributed by atoms with E-state index in [-0.39, 0.29) is 0 Å². The third kappa shape index (κ3) is 2.63. The smallest absolute Gasteiger partial charge is 0.0468 e. The van der Waals surface area contributed by atoms with Crippen molar-refractivity contribution in [1.29, 1.82) is 0 Å². The molecule has 0 aromatic carbocycles. The van der Waals surface area contributed by atoms with Crippen LogP contribution in [0.5, 0.6) is 0 Å². The van der Waals surface area contributed by atoms with Gasteiger partial charge in [0.2, 0.25) is 0 Å². The maximum Gasteiger partial charge on any atom is 0.0468 e. The maximum atomic E-state index is 5.45. The maximum absolute atomic E-state index is 5.45. The second-order valence-corrected chi connectivity index (χ2v) is 6.75. The van der Waals surface area contributed by atoms with Crippen molar-refractivity contribution < 1.29 is 4.74 Å². The van der Waals surface area contributed by atoms with Crippen LogP contribution in [0.2, 0.25) is 0 Å². The van der Waals surface area contributed by atoms with E-state index in [0.29, 0.717) is 6.04 Å². The molecule has 1 N–H and O–H groups in total. The highest BCUT2D eigenvalue weighted by molar-refractivity contribution is 7.12. The quantitative estimate of drug-likeness (QED) is 0.902. The van der Waals surface area contributed by atoms with Gasteiger partial charge in [-0.25, -0.2) is 0 Å². The lowest BCUT2D eigenvalue weighted by Crippen LogP contribution is -2.23. The molecular weight excluding hydrogens is 242 g/mol. The van der Waals surface area contributed by atoms with Crippen molar-refractivity contribution in [2.45, 2.75) is 44.6 Å². The normalized spacial score (nSPS) is 22.1. The molecule has 1 saturated heterocycles. The van der Waals surface area contributed by atoms with Crippen LogP contribution in [0.4, 0.5) is 0 Å². The summed E-state index contributed by atoms with van der Waals surface area (Å²) in [7, 11) is 2.11. The molecule has 2 heterocycles. The molecule has 1 aromatic heterocycles. The van der Waals surface area contributed by atoms with Crippen LogP contribution in [-0.2, 0) is 17.6 Å². The summed E-state index contributed by atoms with van der Waals surface area (Å²) in [6.07, 6.45) is 7.74. The van der Waals surface area contributed by atoms with Gasteiger partial charge in [0.1, 0.15) is 0 Å². The van der Waals surface area contributed by atoms with E-state index in [1.54, 1.807) is 15.3 Å². The van der Waals surface area contributed by atoms with Crippen molar-refractivity contribution in [2.24, 2.45) is 5.92 Å². The van der Waals surface area contributed by atoms with Gasteiger partial charge in [-0.3, -0.25) is 0 Å². The van der Waals surface area contributed by atoms with Crippen molar-refractivity contribution in [2.75, 3.05) is 20.3 Å². The van der Waals surface area contributed by atoms with Crippen LogP contribution in [-0.4, -0.2) is 20.3 Å². The van der Waals surface area contributed by atoms with Gasteiger partial charge in [-0.1, -0.05) is 0 Å². The summed E-state index contributed by atoms with van der Waals surface area (Å²) in [6.45, 7) is 1.92. The minimum absolute atomic E-state index is 0.559. The van der Waals surface area contributed by atoms with Crippen LogP contribution >= 0.6 is 11.3 Å². The van der Waals surface area contributed by atoms with Crippen molar-refractivity contribution in [1.82, 2.24) is 5.32 Å². The summed E-state index contributed by atoms with van der Waals surface area (Å²) in [5.74, 6) is 0.841. The Hall–Kier alpha value is -0.380. The third-order valence-electron chi connectivity index (χ3n) is 4.37. The Balaban J connectivity index is 1.67. The number of thiophene rings is 1. The predicted octanol–water partition coefficient (Wildman–Crippen LogP) is 3.31. The topological polar surface area (TPSA) is 21.3 Å². The van der Waals surface area contributed by atoms with E-state index in [1.807, 2.05) is 11.3 Å². The zero-order valence-corrected chi connectivity index (χ0v) is 12.0. The first-order valence-electron chi connectivity index (χ1n) is 7.23. The fraction of sp³-hybridized carbons (Fsp3) is 0.733. The van der Waals surface area contributed by atoms with Gasteiger partial charge in [-0.05, 0) is 63.1 Å². The number of ether oxygens (including phenoxy) is 1. The Labute approximate surface area is 114 Å². The van der Waals surface area contributed by atoms with Gasteiger partial charge >= 0.3 is 0 Å². The lowest BCUT2D eigenvalue weighted by molar-refractivity contribution is 0.0609. The molecule has 2 aliphatic rings. The van der Waals surface area contributed by atoms with Crippen molar-refractivity contribution in [3.63, 3.8) is 0 Å². The van der Waals surface area contributed by atoms with Crippen LogP contribution in [0.25, 0.3) is 0 Å². The molecule has 0 bridgehead atoms. The SMILES string of the molecule is CNC(CC1CCOCC1)c1cc2c(s1)CCC2. The Bertz CT molecular complexity index is 374. The number of rotatable bonds is 4. The lowest BCUT2D eigenvalue weighted by atomic mass is 9.92. The number of fused-ring (bicyclic) bond motifs is 1. The molecule has 0 amide bonds. The zero-order valence-electron chi connectivity index (χ0n) is 11.2. The summed E-state index contributed by atoms with van der Waals surface area (Å²) < 4.78 is 5.45. The minimum Gasteiger partial charge on any atom is -0.381 e. The molecule has 0 spiro atoms. The van der Waals surface area contributed by atoms with Crippen molar-refractivity contribution >= 4 is 11.3 Å². The molecule has 0 radical (unpaired) electrons. The molecule has 1 atom stereocenters. The number of aryl methyl sites for hydroxylation is 2. The van der Waals surface area contributed by atoms with E-state index in [1.165, 1.54) is 38.5 Å². The van der Waals surface area contributed by atoms with Crippen LogP contribution in [0.1, 0.15) is 47.0 Å². The summed E-state index contributed by atoms with van der Waals surface area (Å²) in [4.78, 5) is 3.21. The van der Waals surface area contributed by atoms with Crippen LogP contribution in [0.3, 0.4) is 0 Å². The van der Waals surface area contributed by atoms with E-state index in [2.05, 4.69) is 18.4 Å². The molecule has 2 nitrogen and oxygen atoms in total. The fourth-order valence-corrected chi connectivity index (χ4v) is 4.60. The molecule has 3 heteroatoms. The Morgan fingerprint density at radius 2 is 2.22 bits per heavy atom. The predicted molar refractivity (Wildman–Crippen MR) is 76.3 cm³/mol. The first kappa shape index (κ1) is 12.6. The van der Waals surface area contributed by atoms with Gasteiger partial charge in [0.15, 0.2) is 0 Å². The van der Waals surface area contributed by atoms with Crippen LogP contribution < -0.4 is 5.32 Å². The van der Waals surface area contributed by atoms with E-state index in [0.717, 1.165) is 19.1 Å². The van der Waals surface area contributed by atoms with E-state index in [4.69, 9.17) is 4.74 Å². The summed E-state index contributed by atoms with van der Waals surface area (Å²) >= 11 is 2.05. The molecule has 0 saturated carbocycles. The number of nitrogens with one attached hydrogen (secondary N) is 1. The lowest BCUT2D eigenvalue weighted by Gasteiger charge is -2.26. The van der Waals surface area contributed by atoms with E-state index in [9.17, 15) is 0 Å². The van der Waals surface area contributed by atoms with Gasteiger partial charge in [-0.2, -0.15) is 0 Å². The average molecular weight is 265 g/mol. The highest BCUT2D eigenvalue weighted by Gasteiger charge is 2.23. The molecule has 1 fully saturated rings. The molecule has 100 valence electrons. The van der Waals surface area contributed by atoms with Crippen LogP contribution in [0, 0.1) is 5.92 Å². The first-order valence-corrected chi connectivity index (χ1v) is 8.05. The van der Waals surface area contributed by atoms with Gasteiger partial charge < -0.3 is 10.1 Å². The van der Waals surface area contributed by atoms with E-state index < -0.39 is 0 Å². The largest absolute Gasteiger partial charge is 0.381 e. The summed E-state index contributed by atoms with van der Waals surface area (Å²) in [5.41, 5.74) is 1.63. The molecule has 1 unspecified atom stereocenters. The number of hydrogen-bond acceptors (Lipinski definition) is 3. The third-order valence-corrected chi connectivity index (χ3v) is 5.72. The van der Waals surface area contributed by atoms with Crippen LogP contribution in [0.15, 0.2) is 6.07 Å². The second-order valence-electron chi connectivity index (χ2n) is 5.58. The summed E-state index contributed by atoms with van der Waals surface area (Å²) in [5, 5.41) is 3.52. The fourth-order valence-electron chi connectivity index (χ4n) is 3.22. The second kappa shape index (κ2) is 5.72. The highest BCUT2D eigenvalue weighted by Crippen LogP contribution is 2.36. The van der Waals surface area contributed by atoms with Gasteiger partial charge in [0, 0.05) is 29.0 Å². The highest BCUT2D eigenvalue weighted by atomic mass is 32.1.